The second kappa shape index (κ2) is 5.71. The molecule has 1 aliphatic heterocycles. The molecular weight excluding hydrogens is 258 g/mol. The Morgan fingerprint density at radius 3 is 2.84 bits per heavy atom. The van der Waals surface area contributed by atoms with Crippen molar-refractivity contribution in [3.05, 3.63) is 23.0 Å². The molecule has 0 aromatic carbocycles. The standard InChI is InChI=1S/C15H23NO2S/c1-10-9-16-12(11(2)14(10)18-4)8-13(17)15(3)6-5-7-19-15/h9,13,17H,5-8H2,1-4H3. The number of aliphatic hydroxyl groups excluding tert-OH is 1. The van der Waals surface area contributed by atoms with Gasteiger partial charge in [0.25, 0.3) is 0 Å². The SMILES string of the molecule is COc1c(C)cnc(CC(O)C2(C)CCCS2)c1C. The van der Waals surface area contributed by atoms with E-state index in [0.29, 0.717) is 6.42 Å². The summed E-state index contributed by atoms with van der Waals surface area (Å²) in [5.74, 6) is 2.04. The number of methoxy groups -OCH3 is 1. The van der Waals surface area contributed by atoms with Crippen LogP contribution in [0.15, 0.2) is 6.20 Å². The van der Waals surface area contributed by atoms with E-state index in [1.165, 1.54) is 6.42 Å². The summed E-state index contributed by atoms with van der Waals surface area (Å²) in [4.78, 5) is 4.48. The molecule has 0 saturated carbocycles. The van der Waals surface area contributed by atoms with Gasteiger partial charge in [-0.1, -0.05) is 0 Å². The number of hydrogen-bond donors (Lipinski definition) is 1. The Hall–Kier alpha value is -0.740. The molecule has 0 spiro atoms. The molecule has 0 radical (unpaired) electrons. The van der Waals surface area contributed by atoms with Gasteiger partial charge in [-0.3, -0.25) is 4.98 Å². The van der Waals surface area contributed by atoms with Crippen LogP contribution in [0.1, 0.15) is 36.6 Å². The van der Waals surface area contributed by atoms with E-state index in [2.05, 4.69) is 11.9 Å². The average molecular weight is 281 g/mol. The lowest BCUT2D eigenvalue weighted by molar-refractivity contribution is 0.132. The predicted octanol–water partition coefficient (Wildman–Crippen LogP) is 2.90. The highest BCUT2D eigenvalue weighted by Crippen LogP contribution is 2.41. The number of aliphatic hydroxyl groups is 1. The maximum Gasteiger partial charge on any atom is 0.128 e. The van der Waals surface area contributed by atoms with Gasteiger partial charge in [0.2, 0.25) is 0 Å². The molecule has 2 atom stereocenters. The molecular formula is C15H23NO2S. The maximum atomic E-state index is 10.5. The third-order valence-corrected chi connectivity index (χ3v) is 5.72. The third-order valence-electron chi connectivity index (χ3n) is 4.09. The predicted molar refractivity (Wildman–Crippen MR) is 80.1 cm³/mol. The van der Waals surface area contributed by atoms with Crippen LogP contribution in [0.5, 0.6) is 5.75 Å². The van der Waals surface area contributed by atoms with Gasteiger partial charge >= 0.3 is 0 Å². The fourth-order valence-corrected chi connectivity index (χ4v) is 4.06. The summed E-state index contributed by atoms with van der Waals surface area (Å²) in [5, 5.41) is 10.5. The van der Waals surface area contributed by atoms with E-state index in [9.17, 15) is 5.11 Å². The van der Waals surface area contributed by atoms with Gasteiger partial charge in [0, 0.05) is 34.2 Å². The first-order chi connectivity index (χ1) is 8.98. The summed E-state index contributed by atoms with van der Waals surface area (Å²) in [7, 11) is 1.68. The highest BCUT2D eigenvalue weighted by Gasteiger charge is 2.37. The van der Waals surface area contributed by atoms with Gasteiger partial charge in [-0.05, 0) is 39.4 Å². The van der Waals surface area contributed by atoms with E-state index in [-0.39, 0.29) is 10.9 Å². The van der Waals surface area contributed by atoms with E-state index in [0.717, 1.165) is 34.7 Å². The number of aromatic nitrogens is 1. The van der Waals surface area contributed by atoms with Gasteiger partial charge in [-0.15, -0.1) is 0 Å². The molecule has 1 N–H and O–H groups in total. The summed E-state index contributed by atoms with van der Waals surface area (Å²) in [6, 6.07) is 0. The Kier molecular flexibility index (Phi) is 4.41. The van der Waals surface area contributed by atoms with Crippen molar-refractivity contribution in [2.24, 2.45) is 0 Å². The molecule has 0 aliphatic carbocycles. The van der Waals surface area contributed by atoms with Gasteiger partial charge in [0.05, 0.1) is 13.2 Å². The van der Waals surface area contributed by atoms with Gasteiger partial charge < -0.3 is 9.84 Å². The summed E-state index contributed by atoms with van der Waals surface area (Å²) in [6.45, 7) is 6.17. The van der Waals surface area contributed by atoms with Crippen LogP contribution in [0.4, 0.5) is 0 Å². The fourth-order valence-electron chi connectivity index (χ4n) is 2.74. The van der Waals surface area contributed by atoms with Gasteiger partial charge in [0.1, 0.15) is 5.75 Å². The lowest BCUT2D eigenvalue weighted by atomic mass is 9.93. The van der Waals surface area contributed by atoms with E-state index in [4.69, 9.17) is 4.74 Å². The normalized spacial score (nSPS) is 24.5. The van der Waals surface area contributed by atoms with Crippen molar-refractivity contribution < 1.29 is 9.84 Å². The first-order valence-corrected chi connectivity index (χ1v) is 7.77. The minimum atomic E-state index is -0.349. The van der Waals surface area contributed by atoms with Crippen LogP contribution in [0.2, 0.25) is 0 Å². The lowest BCUT2D eigenvalue weighted by Crippen LogP contribution is -2.35. The van der Waals surface area contributed by atoms with Gasteiger partial charge in [-0.25, -0.2) is 0 Å². The lowest BCUT2D eigenvalue weighted by Gasteiger charge is -2.29. The largest absolute Gasteiger partial charge is 0.496 e. The zero-order valence-corrected chi connectivity index (χ0v) is 13.0. The van der Waals surface area contributed by atoms with Crippen molar-refractivity contribution in [2.75, 3.05) is 12.9 Å². The first kappa shape index (κ1) is 14.7. The summed E-state index contributed by atoms with van der Waals surface area (Å²) >= 11 is 1.88. The van der Waals surface area contributed by atoms with Crippen LogP contribution in [-0.4, -0.2) is 33.8 Å². The van der Waals surface area contributed by atoms with E-state index >= 15 is 0 Å². The zero-order valence-electron chi connectivity index (χ0n) is 12.2. The molecule has 3 nitrogen and oxygen atoms in total. The molecule has 0 amide bonds. The number of nitrogens with zero attached hydrogens (tertiary/aromatic N) is 1. The van der Waals surface area contributed by atoms with E-state index in [1.807, 2.05) is 31.8 Å². The third kappa shape index (κ3) is 2.90. The number of ether oxygens (including phenoxy) is 1. The Bertz CT molecular complexity index is 456. The quantitative estimate of drug-likeness (QED) is 0.921. The summed E-state index contributed by atoms with van der Waals surface area (Å²) in [5.41, 5.74) is 3.04. The molecule has 106 valence electrons. The van der Waals surface area contributed by atoms with Crippen LogP contribution < -0.4 is 4.74 Å². The van der Waals surface area contributed by atoms with Crippen molar-refractivity contribution in [3.63, 3.8) is 0 Å². The first-order valence-electron chi connectivity index (χ1n) is 6.79. The van der Waals surface area contributed by atoms with Crippen molar-refractivity contribution in [1.29, 1.82) is 0 Å². The summed E-state index contributed by atoms with van der Waals surface area (Å²) in [6.07, 6.45) is 4.37. The topological polar surface area (TPSA) is 42.4 Å². The molecule has 19 heavy (non-hydrogen) atoms. The Balaban J connectivity index is 2.19. The monoisotopic (exact) mass is 281 g/mol. The maximum absolute atomic E-state index is 10.5. The number of aryl methyl sites for hydroxylation is 1. The zero-order chi connectivity index (χ0) is 14.0. The summed E-state index contributed by atoms with van der Waals surface area (Å²) < 4.78 is 5.40. The number of thioether (sulfide) groups is 1. The molecule has 2 heterocycles. The van der Waals surface area contributed by atoms with Crippen LogP contribution >= 0.6 is 11.8 Å². The smallest absolute Gasteiger partial charge is 0.128 e. The molecule has 1 fully saturated rings. The van der Waals surface area contributed by atoms with Crippen LogP contribution in [0.25, 0.3) is 0 Å². The molecule has 4 heteroatoms. The molecule has 1 aliphatic rings. The molecule has 1 saturated heterocycles. The molecule has 1 aromatic rings. The Labute approximate surface area is 119 Å². The Morgan fingerprint density at radius 1 is 1.53 bits per heavy atom. The highest BCUT2D eigenvalue weighted by molar-refractivity contribution is 8.00. The van der Waals surface area contributed by atoms with Crippen LogP contribution in [0.3, 0.4) is 0 Å². The second-order valence-corrected chi connectivity index (χ2v) is 7.16. The molecule has 0 bridgehead atoms. The number of hydrogen-bond acceptors (Lipinski definition) is 4. The van der Waals surface area contributed by atoms with Crippen molar-refractivity contribution in [3.8, 4) is 5.75 Å². The molecule has 2 unspecified atom stereocenters. The van der Waals surface area contributed by atoms with E-state index < -0.39 is 0 Å². The van der Waals surface area contributed by atoms with Crippen LogP contribution in [0, 0.1) is 13.8 Å². The number of pyridine rings is 1. The average Bonchev–Trinajstić information content (AvgIpc) is 2.82. The highest BCUT2D eigenvalue weighted by atomic mass is 32.2. The fraction of sp³-hybridized carbons (Fsp3) is 0.667. The molecule has 1 aromatic heterocycles. The van der Waals surface area contributed by atoms with E-state index in [1.54, 1.807) is 7.11 Å². The van der Waals surface area contributed by atoms with Gasteiger partial charge in [-0.2, -0.15) is 11.8 Å². The van der Waals surface area contributed by atoms with Crippen molar-refractivity contribution in [2.45, 2.75) is 50.9 Å². The minimum Gasteiger partial charge on any atom is -0.496 e. The minimum absolute atomic E-state index is 0.0216. The van der Waals surface area contributed by atoms with Crippen LogP contribution in [-0.2, 0) is 6.42 Å². The second-order valence-electron chi connectivity index (χ2n) is 5.53. The number of rotatable bonds is 4. The van der Waals surface area contributed by atoms with Crippen molar-refractivity contribution in [1.82, 2.24) is 4.98 Å². The van der Waals surface area contributed by atoms with Gasteiger partial charge in [0.15, 0.2) is 0 Å². The molecule has 2 rings (SSSR count). The van der Waals surface area contributed by atoms with Crippen molar-refractivity contribution >= 4 is 11.8 Å². The Morgan fingerprint density at radius 2 is 2.26 bits per heavy atom.